The van der Waals surface area contributed by atoms with Crippen molar-refractivity contribution in [3.8, 4) is 5.69 Å². The lowest BCUT2D eigenvalue weighted by Crippen LogP contribution is -2.23. The number of rotatable bonds is 6. The van der Waals surface area contributed by atoms with Gasteiger partial charge in [-0.3, -0.25) is 0 Å². The summed E-state index contributed by atoms with van der Waals surface area (Å²) in [5.74, 6) is 0. The molecule has 136 valence electrons. The molecule has 0 aliphatic carbocycles. The van der Waals surface area contributed by atoms with Crippen LogP contribution in [0.25, 0.3) is 5.69 Å². The van der Waals surface area contributed by atoms with Crippen LogP contribution in [0.5, 0.6) is 0 Å². The largest absolute Gasteiger partial charge is 0.241 e. The summed E-state index contributed by atoms with van der Waals surface area (Å²) in [6.07, 6.45) is 3.29. The van der Waals surface area contributed by atoms with E-state index in [0.29, 0.717) is 5.56 Å². The van der Waals surface area contributed by atoms with Gasteiger partial charge in [0.1, 0.15) is 0 Å². The van der Waals surface area contributed by atoms with Gasteiger partial charge in [0.2, 0.25) is 20.0 Å². The Morgan fingerprint density at radius 1 is 0.923 bits per heavy atom. The molecule has 0 aliphatic rings. The number of aromatic nitrogens is 2. The number of benzene rings is 2. The number of primary sulfonamides is 1. The van der Waals surface area contributed by atoms with Gasteiger partial charge in [-0.1, -0.05) is 18.2 Å². The number of hydrogen-bond donors (Lipinski definition) is 2. The molecule has 3 aromatic rings. The van der Waals surface area contributed by atoms with E-state index in [1.165, 1.54) is 12.1 Å². The minimum Gasteiger partial charge on any atom is -0.241 e. The van der Waals surface area contributed by atoms with Gasteiger partial charge in [0, 0.05) is 18.3 Å². The fourth-order valence-corrected chi connectivity index (χ4v) is 3.78. The molecule has 10 heteroatoms. The minimum absolute atomic E-state index is 0.0477. The zero-order valence-corrected chi connectivity index (χ0v) is 15.1. The van der Waals surface area contributed by atoms with Gasteiger partial charge < -0.3 is 0 Å². The van der Waals surface area contributed by atoms with Crippen LogP contribution < -0.4 is 9.86 Å². The maximum absolute atomic E-state index is 12.3. The van der Waals surface area contributed by atoms with Gasteiger partial charge in [-0.25, -0.2) is 31.4 Å². The second kappa shape index (κ2) is 7.00. The SMILES string of the molecule is NS(=O)(=O)c1ccc(S(=O)(=O)NCc2cnn(-c3ccccc3)c2)cc1. The zero-order valence-electron chi connectivity index (χ0n) is 13.5. The molecule has 0 radical (unpaired) electrons. The Kier molecular flexibility index (Phi) is 4.92. The highest BCUT2D eigenvalue weighted by atomic mass is 32.2. The highest BCUT2D eigenvalue weighted by Gasteiger charge is 2.16. The average Bonchev–Trinajstić information content (AvgIpc) is 3.09. The first kappa shape index (κ1) is 18.3. The van der Waals surface area contributed by atoms with Crippen molar-refractivity contribution in [2.75, 3.05) is 0 Å². The van der Waals surface area contributed by atoms with Crippen LogP contribution in [0.4, 0.5) is 0 Å². The van der Waals surface area contributed by atoms with Gasteiger partial charge in [0.15, 0.2) is 0 Å². The van der Waals surface area contributed by atoms with Crippen molar-refractivity contribution < 1.29 is 16.8 Å². The Balaban J connectivity index is 1.72. The molecule has 1 aromatic heterocycles. The van der Waals surface area contributed by atoms with Gasteiger partial charge >= 0.3 is 0 Å². The second-order valence-electron chi connectivity index (χ2n) is 5.47. The smallest absolute Gasteiger partial charge is 0.240 e. The first-order valence-corrected chi connectivity index (χ1v) is 10.5. The van der Waals surface area contributed by atoms with Gasteiger partial charge in [-0.05, 0) is 36.4 Å². The normalized spacial score (nSPS) is 12.2. The van der Waals surface area contributed by atoms with Gasteiger partial charge in [0.05, 0.1) is 21.7 Å². The van der Waals surface area contributed by atoms with Crippen LogP contribution in [0.15, 0.2) is 76.8 Å². The van der Waals surface area contributed by atoms with Gasteiger partial charge in [-0.2, -0.15) is 5.10 Å². The molecule has 0 saturated carbocycles. The first-order chi connectivity index (χ1) is 12.3. The molecule has 2 aromatic carbocycles. The molecule has 0 bridgehead atoms. The van der Waals surface area contributed by atoms with Crippen LogP contribution in [-0.2, 0) is 26.6 Å². The third-order valence-corrected chi connectivity index (χ3v) is 5.93. The van der Waals surface area contributed by atoms with Crippen LogP contribution in [0.1, 0.15) is 5.56 Å². The summed E-state index contributed by atoms with van der Waals surface area (Å²) in [6.45, 7) is 0.0477. The van der Waals surface area contributed by atoms with Crippen LogP contribution in [-0.4, -0.2) is 26.6 Å². The quantitative estimate of drug-likeness (QED) is 0.647. The summed E-state index contributed by atoms with van der Waals surface area (Å²) in [4.78, 5) is -0.207. The fourth-order valence-electron chi connectivity index (χ4n) is 2.24. The van der Waals surface area contributed by atoms with Crippen molar-refractivity contribution in [3.05, 3.63) is 72.6 Å². The van der Waals surface area contributed by atoms with Crippen molar-refractivity contribution >= 4 is 20.0 Å². The lowest BCUT2D eigenvalue weighted by Gasteiger charge is -2.06. The van der Waals surface area contributed by atoms with Crippen molar-refractivity contribution in [2.24, 2.45) is 5.14 Å². The van der Waals surface area contributed by atoms with E-state index in [2.05, 4.69) is 9.82 Å². The Morgan fingerprint density at radius 3 is 2.15 bits per heavy atom. The molecule has 3 rings (SSSR count). The van der Waals surface area contributed by atoms with E-state index >= 15 is 0 Å². The minimum atomic E-state index is -3.87. The second-order valence-corrected chi connectivity index (χ2v) is 8.80. The van der Waals surface area contributed by atoms with E-state index in [9.17, 15) is 16.8 Å². The predicted molar refractivity (Wildman–Crippen MR) is 95.4 cm³/mol. The van der Waals surface area contributed by atoms with E-state index in [1.54, 1.807) is 17.1 Å². The zero-order chi connectivity index (χ0) is 18.8. The molecule has 0 unspecified atom stereocenters. The molecule has 0 saturated heterocycles. The third-order valence-electron chi connectivity index (χ3n) is 3.59. The van der Waals surface area contributed by atoms with E-state index in [1.807, 2.05) is 30.3 Å². The maximum atomic E-state index is 12.3. The summed E-state index contributed by atoms with van der Waals surface area (Å²) in [5.41, 5.74) is 1.54. The summed E-state index contributed by atoms with van der Waals surface area (Å²) >= 11 is 0. The monoisotopic (exact) mass is 392 g/mol. The van der Waals surface area contributed by atoms with Gasteiger partial charge in [-0.15, -0.1) is 0 Å². The van der Waals surface area contributed by atoms with Crippen molar-refractivity contribution in [3.63, 3.8) is 0 Å². The van der Waals surface area contributed by atoms with E-state index < -0.39 is 20.0 Å². The van der Waals surface area contributed by atoms with Crippen molar-refractivity contribution in [1.82, 2.24) is 14.5 Å². The first-order valence-electron chi connectivity index (χ1n) is 7.47. The lowest BCUT2D eigenvalue weighted by atomic mass is 10.3. The van der Waals surface area contributed by atoms with Crippen molar-refractivity contribution in [1.29, 1.82) is 0 Å². The van der Waals surface area contributed by atoms with Crippen LogP contribution >= 0.6 is 0 Å². The molecule has 3 N–H and O–H groups in total. The molecule has 26 heavy (non-hydrogen) atoms. The fraction of sp³-hybridized carbons (Fsp3) is 0.0625. The Morgan fingerprint density at radius 2 is 1.54 bits per heavy atom. The van der Waals surface area contributed by atoms with E-state index in [4.69, 9.17) is 5.14 Å². The Labute approximate surface area is 151 Å². The molecular weight excluding hydrogens is 376 g/mol. The topological polar surface area (TPSA) is 124 Å². The number of hydrogen-bond acceptors (Lipinski definition) is 5. The summed E-state index contributed by atoms with van der Waals surface area (Å²) in [6, 6.07) is 14.1. The predicted octanol–water partition coefficient (Wildman–Crippen LogP) is 0.998. The summed E-state index contributed by atoms with van der Waals surface area (Å²) in [7, 11) is -7.67. The van der Waals surface area contributed by atoms with Crippen LogP contribution in [0, 0.1) is 0 Å². The molecule has 0 atom stereocenters. The van der Waals surface area contributed by atoms with Crippen LogP contribution in [0.2, 0.25) is 0 Å². The number of para-hydroxylation sites is 1. The van der Waals surface area contributed by atoms with Crippen molar-refractivity contribution in [2.45, 2.75) is 16.3 Å². The molecular formula is C16H16N4O4S2. The molecule has 0 fully saturated rings. The standard InChI is InChI=1S/C16H16N4O4S2/c17-25(21,22)15-6-8-16(9-7-15)26(23,24)19-11-13-10-18-20(12-13)14-4-2-1-3-5-14/h1-10,12,19H,11H2,(H2,17,21,22). The summed E-state index contributed by atoms with van der Waals surface area (Å²) in [5, 5.41) is 9.20. The van der Waals surface area contributed by atoms with Crippen LogP contribution in [0.3, 0.4) is 0 Å². The molecule has 8 nitrogen and oxygen atoms in total. The average molecular weight is 392 g/mol. The number of sulfonamides is 2. The molecule has 0 amide bonds. The van der Waals surface area contributed by atoms with E-state index in [-0.39, 0.29) is 16.3 Å². The molecule has 1 heterocycles. The maximum Gasteiger partial charge on any atom is 0.240 e. The number of nitrogens with zero attached hydrogens (tertiary/aromatic N) is 2. The van der Waals surface area contributed by atoms with Gasteiger partial charge in [0.25, 0.3) is 0 Å². The highest BCUT2D eigenvalue weighted by Crippen LogP contribution is 2.14. The Hall–Kier alpha value is -2.53. The number of nitrogens with one attached hydrogen (secondary N) is 1. The van der Waals surface area contributed by atoms with E-state index in [0.717, 1.165) is 17.8 Å². The Bertz CT molecular complexity index is 1110. The molecule has 0 aliphatic heterocycles. The summed E-state index contributed by atoms with van der Waals surface area (Å²) < 4.78 is 51.2. The molecule has 0 spiro atoms. The number of nitrogens with two attached hydrogens (primary N) is 1. The lowest BCUT2D eigenvalue weighted by molar-refractivity contribution is 0.580. The third kappa shape index (κ3) is 4.17. The highest BCUT2D eigenvalue weighted by molar-refractivity contribution is 7.89.